The number of pyridine rings is 2. The van der Waals surface area contributed by atoms with E-state index in [0.29, 0.717) is 5.02 Å². The molecule has 0 radical (unpaired) electrons. The molecule has 0 amide bonds. The molecule has 0 aliphatic carbocycles. The van der Waals surface area contributed by atoms with Crippen molar-refractivity contribution >= 4 is 23.2 Å². The summed E-state index contributed by atoms with van der Waals surface area (Å²) in [6.07, 6.45) is 3.31. The van der Waals surface area contributed by atoms with Crippen LogP contribution in [0, 0.1) is 0 Å². The summed E-state index contributed by atoms with van der Waals surface area (Å²) < 4.78 is 0. The SMILES string of the molecule is Clc1ccc(Nc2ccccn2)nc1. The third-order valence-corrected chi connectivity index (χ3v) is 1.87. The fraction of sp³-hybridized carbons (Fsp3) is 0. The molecule has 0 aliphatic rings. The first-order valence-corrected chi connectivity index (χ1v) is 4.52. The number of halogens is 1. The Labute approximate surface area is 86.8 Å². The maximum Gasteiger partial charge on any atom is 0.131 e. The maximum atomic E-state index is 5.71. The van der Waals surface area contributed by atoms with Crippen LogP contribution in [0.1, 0.15) is 0 Å². The first-order valence-electron chi connectivity index (χ1n) is 4.14. The van der Waals surface area contributed by atoms with Crippen molar-refractivity contribution in [2.75, 3.05) is 5.32 Å². The molecule has 2 aromatic heterocycles. The molecule has 0 unspecified atom stereocenters. The van der Waals surface area contributed by atoms with Crippen molar-refractivity contribution in [2.45, 2.75) is 0 Å². The highest BCUT2D eigenvalue weighted by Crippen LogP contribution is 2.13. The molecule has 2 heterocycles. The van der Waals surface area contributed by atoms with Gasteiger partial charge >= 0.3 is 0 Å². The molecular weight excluding hydrogens is 198 g/mol. The predicted molar refractivity (Wildman–Crippen MR) is 56.8 cm³/mol. The van der Waals surface area contributed by atoms with Gasteiger partial charge in [0, 0.05) is 12.4 Å². The standard InChI is InChI=1S/C10H8ClN3/c11-8-4-5-10(13-7-8)14-9-3-1-2-6-12-9/h1-7H,(H,12,13,14). The average molecular weight is 206 g/mol. The van der Waals surface area contributed by atoms with Crippen LogP contribution in [0.2, 0.25) is 5.02 Å². The summed E-state index contributed by atoms with van der Waals surface area (Å²) in [5.74, 6) is 1.50. The summed E-state index contributed by atoms with van der Waals surface area (Å²) in [4.78, 5) is 8.20. The number of hydrogen-bond donors (Lipinski definition) is 1. The summed E-state index contributed by atoms with van der Waals surface area (Å²) >= 11 is 5.71. The Bertz CT molecular complexity index is 399. The Morgan fingerprint density at radius 1 is 1.00 bits per heavy atom. The van der Waals surface area contributed by atoms with Crippen molar-refractivity contribution in [1.82, 2.24) is 9.97 Å². The normalized spacial score (nSPS) is 9.79. The van der Waals surface area contributed by atoms with Gasteiger partial charge in [-0.25, -0.2) is 9.97 Å². The molecule has 3 nitrogen and oxygen atoms in total. The van der Waals surface area contributed by atoms with Crippen molar-refractivity contribution in [3.8, 4) is 0 Å². The lowest BCUT2D eigenvalue weighted by Gasteiger charge is -2.02. The minimum absolute atomic E-state index is 0.622. The first kappa shape index (κ1) is 8.97. The monoisotopic (exact) mass is 205 g/mol. The molecule has 0 fully saturated rings. The highest BCUT2D eigenvalue weighted by atomic mass is 35.5. The Kier molecular flexibility index (Phi) is 2.60. The lowest BCUT2D eigenvalue weighted by Crippen LogP contribution is -1.94. The third kappa shape index (κ3) is 2.20. The van der Waals surface area contributed by atoms with Crippen molar-refractivity contribution in [1.29, 1.82) is 0 Å². The highest BCUT2D eigenvalue weighted by molar-refractivity contribution is 6.30. The number of aromatic nitrogens is 2. The second-order valence-electron chi connectivity index (χ2n) is 2.70. The smallest absolute Gasteiger partial charge is 0.131 e. The molecule has 70 valence electrons. The van der Waals surface area contributed by atoms with E-state index in [0.717, 1.165) is 11.6 Å². The topological polar surface area (TPSA) is 37.8 Å². The molecule has 0 bridgehead atoms. The van der Waals surface area contributed by atoms with Gasteiger partial charge in [0.05, 0.1) is 5.02 Å². The summed E-state index contributed by atoms with van der Waals surface area (Å²) in [5, 5.41) is 3.67. The summed E-state index contributed by atoms with van der Waals surface area (Å²) in [7, 11) is 0. The zero-order valence-corrected chi connectivity index (χ0v) is 8.07. The van der Waals surface area contributed by atoms with Gasteiger partial charge in [0.1, 0.15) is 11.6 Å². The van der Waals surface area contributed by atoms with E-state index in [2.05, 4.69) is 15.3 Å². The van der Waals surface area contributed by atoms with Gasteiger partial charge in [-0.1, -0.05) is 17.7 Å². The van der Waals surface area contributed by atoms with E-state index in [1.807, 2.05) is 18.2 Å². The molecule has 14 heavy (non-hydrogen) atoms. The second kappa shape index (κ2) is 4.07. The van der Waals surface area contributed by atoms with Crippen LogP contribution in [0.25, 0.3) is 0 Å². The average Bonchev–Trinajstić information content (AvgIpc) is 2.23. The lowest BCUT2D eigenvalue weighted by atomic mass is 10.4. The van der Waals surface area contributed by atoms with Gasteiger partial charge in [-0.15, -0.1) is 0 Å². The van der Waals surface area contributed by atoms with Crippen molar-refractivity contribution in [2.24, 2.45) is 0 Å². The van der Waals surface area contributed by atoms with Gasteiger partial charge in [0.2, 0.25) is 0 Å². The second-order valence-corrected chi connectivity index (χ2v) is 3.14. The van der Waals surface area contributed by atoms with Gasteiger partial charge in [-0.2, -0.15) is 0 Å². The summed E-state index contributed by atoms with van der Waals surface area (Å²) in [6.45, 7) is 0. The molecular formula is C10H8ClN3. The summed E-state index contributed by atoms with van der Waals surface area (Å²) in [5.41, 5.74) is 0. The minimum atomic E-state index is 0.622. The molecule has 0 saturated carbocycles. The molecule has 0 aromatic carbocycles. The quantitative estimate of drug-likeness (QED) is 0.819. The Morgan fingerprint density at radius 2 is 1.86 bits per heavy atom. The van der Waals surface area contributed by atoms with Crippen molar-refractivity contribution in [3.05, 3.63) is 47.7 Å². The Morgan fingerprint density at radius 3 is 2.50 bits per heavy atom. The van der Waals surface area contributed by atoms with E-state index in [9.17, 15) is 0 Å². The minimum Gasteiger partial charge on any atom is -0.325 e. The number of nitrogens with one attached hydrogen (secondary N) is 1. The first-order chi connectivity index (χ1) is 6.84. The van der Waals surface area contributed by atoms with Crippen LogP contribution in [0.4, 0.5) is 11.6 Å². The number of nitrogens with zero attached hydrogens (tertiary/aromatic N) is 2. The largest absolute Gasteiger partial charge is 0.325 e. The zero-order valence-electron chi connectivity index (χ0n) is 7.31. The molecule has 0 spiro atoms. The van der Waals surface area contributed by atoms with Crippen LogP contribution < -0.4 is 5.32 Å². The van der Waals surface area contributed by atoms with Crippen LogP contribution in [-0.2, 0) is 0 Å². The van der Waals surface area contributed by atoms with E-state index in [1.165, 1.54) is 0 Å². The van der Waals surface area contributed by atoms with Gasteiger partial charge in [0.25, 0.3) is 0 Å². The van der Waals surface area contributed by atoms with Crippen LogP contribution in [0.15, 0.2) is 42.7 Å². The third-order valence-electron chi connectivity index (χ3n) is 1.65. The van der Waals surface area contributed by atoms with E-state index in [-0.39, 0.29) is 0 Å². The number of hydrogen-bond acceptors (Lipinski definition) is 3. The summed E-state index contributed by atoms with van der Waals surface area (Å²) in [6, 6.07) is 9.22. The van der Waals surface area contributed by atoms with Crippen LogP contribution in [0.3, 0.4) is 0 Å². The van der Waals surface area contributed by atoms with E-state index >= 15 is 0 Å². The zero-order chi connectivity index (χ0) is 9.80. The van der Waals surface area contributed by atoms with Gasteiger partial charge in [0.15, 0.2) is 0 Å². The maximum absolute atomic E-state index is 5.71. The predicted octanol–water partition coefficient (Wildman–Crippen LogP) is 2.87. The molecule has 0 atom stereocenters. The molecule has 0 aliphatic heterocycles. The van der Waals surface area contributed by atoms with Crippen molar-refractivity contribution in [3.63, 3.8) is 0 Å². The fourth-order valence-corrected chi connectivity index (χ4v) is 1.13. The number of rotatable bonds is 2. The van der Waals surface area contributed by atoms with Gasteiger partial charge in [-0.05, 0) is 24.3 Å². The van der Waals surface area contributed by atoms with E-state index in [4.69, 9.17) is 11.6 Å². The van der Waals surface area contributed by atoms with Crippen molar-refractivity contribution < 1.29 is 0 Å². The molecule has 2 aromatic rings. The van der Waals surface area contributed by atoms with E-state index in [1.54, 1.807) is 24.5 Å². The van der Waals surface area contributed by atoms with Crippen LogP contribution in [0.5, 0.6) is 0 Å². The van der Waals surface area contributed by atoms with Crippen LogP contribution in [-0.4, -0.2) is 9.97 Å². The van der Waals surface area contributed by atoms with Gasteiger partial charge in [-0.3, -0.25) is 0 Å². The number of anilines is 2. The van der Waals surface area contributed by atoms with Crippen LogP contribution >= 0.6 is 11.6 Å². The molecule has 0 saturated heterocycles. The van der Waals surface area contributed by atoms with E-state index < -0.39 is 0 Å². The Balaban J connectivity index is 2.16. The Hall–Kier alpha value is -1.61. The molecule has 4 heteroatoms. The molecule has 1 N–H and O–H groups in total. The highest BCUT2D eigenvalue weighted by Gasteiger charge is 1.95. The molecule has 2 rings (SSSR count). The fourth-order valence-electron chi connectivity index (χ4n) is 1.02. The lowest BCUT2D eigenvalue weighted by molar-refractivity contribution is 1.25. The van der Waals surface area contributed by atoms with Gasteiger partial charge < -0.3 is 5.32 Å².